The molecule has 2 aliphatic heterocycles. The second-order valence-corrected chi connectivity index (χ2v) is 38.9. The van der Waals surface area contributed by atoms with E-state index in [4.69, 9.17) is 64.2 Å². The summed E-state index contributed by atoms with van der Waals surface area (Å²) in [5.74, 6) is 2.92. The third-order valence-corrected chi connectivity index (χ3v) is 29.5. The van der Waals surface area contributed by atoms with Gasteiger partial charge in [-0.3, -0.25) is 18.5 Å². The Labute approximate surface area is 631 Å². The second-order valence-electron chi connectivity index (χ2n) is 21.8. The van der Waals surface area contributed by atoms with Crippen LogP contribution in [0.4, 0.5) is 19.2 Å². The van der Waals surface area contributed by atoms with Crippen LogP contribution in [-0.2, 0) is 77.9 Å². The zero-order valence-electron chi connectivity index (χ0n) is 61.7. The first-order valence-electron chi connectivity index (χ1n) is 32.4. The summed E-state index contributed by atoms with van der Waals surface area (Å²) in [6.45, 7) is 28.4. The van der Waals surface area contributed by atoms with Crippen LogP contribution < -0.4 is 40.2 Å². The van der Waals surface area contributed by atoms with Gasteiger partial charge in [0.1, 0.15) is 6.10 Å². The molecule has 2 rings (SSSR count). The Bertz CT molecular complexity index is 2240. The van der Waals surface area contributed by atoms with Crippen molar-refractivity contribution in [1.29, 1.82) is 0 Å². The van der Waals surface area contributed by atoms with Gasteiger partial charge in [-0.25, -0.2) is 37.4 Å². The van der Waals surface area contributed by atoms with E-state index in [-0.39, 0.29) is 131 Å². The molecule has 9 N–H and O–H groups in total. The Morgan fingerprint density at radius 3 is 1.56 bits per heavy atom. The molecule has 0 spiro atoms. The minimum atomic E-state index is -4.26. The van der Waals surface area contributed by atoms with Gasteiger partial charge in [0.15, 0.2) is 16.9 Å². The number of amides is 7. The summed E-state index contributed by atoms with van der Waals surface area (Å²) < 4.78 is 123. The summed E-state index contributed by atoms with van der Waals surface area (Å²) >= 11 is 4.96. The van der Waals surface area contributed by atoms with E-state index in [1.807, 2.05) is 75.5 Å². The number of rotatable bonds is 51. The Balaban J connectivity index is -0.000000279. The van der Waals surface area contributed by atoms with Crippen LogP contribution in [0.1, 0.15) is 122 Å². The zero-order chi connectivity index (χ0) is 73.9. The number of aliphatic hydroxyl groups is 1. The molecule has 7 amide bonds. The molecule has 0 bridgehead atoms. The summed E-state index contributed by atoms with van der Waals surface area (Å²) in [5.41, 5.74) is -0.677. The normalized spacial score (nSPS) is 15.4. The van der Waals surface area contributed by atoms with E-state index in [0.29, 0.717) is 110 Å². The molecule has 2 heterocycles. The van der Waals surface area contributed by atoms with Crippen molar-refractivity contribution in [3.8, 4) is 0 Å². The predicted molar refractivity (Wildman–Crippen MR) is 390 cm³/mol. The first-order chi connectivity index (χ1) is 45.3. The van der Waals surface area contributed by atoms with Crippen LogP contribution >= 0.6 is 59.8 Å². The molecule has 0 aromatic rings. The number of imide groups is 2. The molecule has 0 aliphatic carbocycles. The minimum Gasteiger partial charge on any atom is -0.748 e. The molecule has 0 radical (unpaired) electrons. The fourth-order valence-electron chi connectivity index (χ4n) is 8.24. The number of nitrogens with zero attached hydrogens (tertiary/aromatic N) is 3. The van der Waals surface area contributed by atoms with Crippen LogP contribution in [0, 0.1) is 11.3 Å². The number of esters is 1. The van der Waals surface area contributed by atoms with Gasteiger partial charge in [0.05, 0.1) is 41.5 Å². The molecule has 2 saturated heterocycles. The maximum absolute atomic E-state index is 12.0. The van der Waals surface area contributed by atoms with Crippen molar-refractivity contribution in [2.75, 3.05) is 160 Å². The number of ether oxygens (including phenoxy) is 2. The number of carbonyl (C=O) groups excluding carboxylic acids is 5. The second kappa shape index (κ2) is 63.5. The number of cyclic esters (lactones) is 1. The Morgan fingerprint density at radius 1 is 0.717 bits per heavy atom. The van der Waals surface area contributed by atoms with Crippen LogP contribution in [0.3, 0.4) is 0 Å². The smallest absolute Gasteiger partial charge is 0.748 e. The molecule has 2 aliphatic rings. The molecule has 5 unspecified atom stereocenters. The van der Waals surface area contributed by atoms with Crippen molar-refractivity contribution < 1.29 is 155 Å². The summed E-state index contributed by atoms with van der Waals surface area (Å²) in [6.07, 6.45) is 4.93. The van der Waals surface area contributed by atoms with Crippen molar-refractivity contribution in [2.45, 2.75) is 157 Å². The standard InChI is InChI=1S/C16H32NO6PSSi.C14H28N2O5SSi.C12H27N2O5PSSi.C9H18O6S.C5H13O3P.Na.2H2O/c1-5-20-26(21-6-2,22-7-3)10-8-9-17-11-15(23-16(17)18)13-25-12-14(4)24-19;1-5-19-23(20-6-2,21-7-3)12-8-9-15-13(17)16(14(15)18)10-11-22-4;1-11(20-16)10-21-8-7-14-12(15)13-6-5-9-22(17-2,18-3)19-4;1-3-9(2,7-10)8(11)15-5-4-6-16(12,13)14;1-3-5(2)4-9(6,7)8;;;/h14-15H,5-13H2,1-4H3;5-12H2,1-4H3;11H,5-10H2,1-4H3,(H2,13,14,15);10H,3-7H2,1-2H3,(H,12,13,14);5H,3-4H2,1-2H3,(H2,6,7,8);;2*1H2/q;;;;;+1;;/p-1. The van der Waals surface area contributed by atoms with Crippen molar-refractivity contribution in [3.05, 3.63) is 0 Å². The van der Waals surface area contributed by atoms with E-state index < -0.39 is 61.3 Å². The SMILES string of the molecule is CCC(C)(CO)C(=O)OCCCS(=O)(=O)[O-].CCC(C)CP(=O)(O)O.CCO[Si](CCCN1C(=O)N(CCSC)C1=O)(OCC)OCC.CCO[Si](CCCN1CC(CSCC(C)P=O)OC1=O)(OCC)OCC.CO[Si](CCCNC(=O)NCCSCC(C)P=O)(OC)OC.O.O.[Na+]. The van der Waals surface area contributed by atoms with Gasteiger partial charge in [-0.1, -0.05) is 41.0 Å². The quantitative estimate of drug-likeness (QED) is 0.0181. The van der Waals surface area contributed by atoms with E-state index >= 15 is 0 Å². The Kier molecular flexibility index (Phi) is 70.2. The number of aliphatic hydroxyl groups excluding tert-OH is 1. The van der Waals surface area contributed by atoms with E-state index in [1.54, 1.807) is 75.4 Å². The molecule has 2 fully saturated rings. The van der Waals surface area contributed by atoms with Gasteiger partial charge in [0.25, 0.3) is 0 Å². The van der Waals surface area contributed by atoms with Gasteiger partial charge in [-0.2, -0.15) is 35.3 Å². The monoisotopic (exact) mass is 1620 g/mol. The van der Waals surface area contributed by atoms with Crippen LogP contribution in [0.2, 0.25) is 18.1 Å². The maximum Gasteiger partial charge on any atom is 1.00 e. The van der Waals surface area contributed by atoms with Gasteiger partial charge >= 0.3 is 93.7 Å². The number of hydrogen-bond donors (Lipinski definition) is 5. The molecule has 43 heteroatoms. The number of hydrogen-bond acceptors (Lipinski definition) is 26. The molecule has 5 atom stereocenters. The average Bonchev–Trinajstić information content (AvgIpc) is 0.901. The largest absolute Gasteiger partial charge is 1.00 e. The molecule has 0 saturated carbocycles. The van der Waals surface area contributed by atoms with Gasteiger partial charge in [0, 0.05) is 158 Å². The van der Waals surface area contributed by atoms with Crippen molar-refractivity contribution in [1.82, 2.24) is 25.3 Å². The van der Waals surface area contributed by atoms with Gasteiger partial charge in [0.2, 0.25) is 0 Å². The first-order valence-corrected chi connectivity index (χ1v) is 47.1. The Hall–Kier alpha value is -0.569. The fraction of sp³-hybridized carbons (Fsp3) is 0.911. The van der Waals surface area contributed by atoms with E-state index in [0.717, 1.165) is 48.0 Å². The number of thioether (sulfide) groups is 3. The third-order valence-electron chi connectivity index (χ3n) is 13.8. The zero-order valence-corrected chi connectivity index (χ0v) is 72.6. The van der Waals surface area contributed by atoms with Gasteiger partial charge in [-0.15, -0.1) is 0 Å². The van der Waals surface area contributed by atoms with E-state index in [2.05, 4.69) is 10.6 Å². The molecule has 0 aromatic heterocycles. The number of nitrogens with one attached hydrogen (secondary N) is 2. The van der Waals surface area contributed by atoms with Crippen LogP contribution in [0.15, 0.2) is 0 Å². The third kappa shape index (κ3) is 51.4. The molecule has 99 heavy (non-hydrogen) atoms. The average molecular weight is 1630 g/mol. The predicted octanol–water partition coefficient (Wildman–Crippen LogP) is 4.71. The topological polar surface area (TPSA) is 453 Å². The molecule has 584 valence electrons. The molecular formula is C56H121N5NaO27P3S4Si3. The van der Waals surface area contributed by atoms with Crippen LogP contribution in [-0.4, -0.2) is 288 Å². The van der Waals surface area contributed by atoms with Crippen molar-refractivity contribution in [2.24, 2.45) is 11.3 Å². The van der Waals surface area contributed by atoms with Crippen molar-refractivity contribution in [3.63, 3.8) is 0 Å². The number of carbonyl (C=O) groups is 5. The fourth-order valence-corrected chi connectivity index (χ4v) is 19.8. The van der Waals surface area contributed by atoms with Crippen LogP contribution in [0.5, 0.6) is 0 Å². The van der Waals surface area contributed by atoms with Crippen molar-refractivity contribution >= 4 is 126 Å². The Morgan fingerprint density at radius 2 is 1.16 bits per heavy atom. The van der Waals surface area contributed by atoms with E-state index in [9.17, 15) is 50.6 Å². The first kappa shape index (κ1) is 109. The van der Waals surface area contributed by atoms with Gasteiger partial charge in [-0.05, 0) is 92.7 Å². The summed E-state index contributed by atoms with van der Waals surface area (Å²) in [4.78, 5) is 80.1. The van der Waals surface area contributed by atoms with Crippen LogP contribution in [0.25, 0.3) is 0 Å². The summed E-state index contributed by atoms with van der Waals surface area (Å²) in [5, 5.41) is 14.6. The molecular weight excluding hydrogens is 1500 g/mol. The van der Waals surface area contributed by atoms with E-state index in [1.165, 1.54) is 9.80 Å². The summed E-state index contributed by atoms with van der Waals surface area (Å²) in [6, 6.07) is 1.34. The van der Waals surface area contributed by atoms with Gasteiger partial charge < -0.3 is 95.2 Å². The summed E-state index contributed by atoms with van der Waals surface area (Å²) in [7, 11) is -10.8. The number of urea groups is 3. The maximum atomic E-state index is 12.0. The minimum absolute atomic E-state index is 0. The molecule has 32 nitrogen and oxygen atoms in total. The molecule has 0 aromatic carbocycles.